The quantitative estimate of drug-likeness (QED) is 0.597. The molecule has 0 saturated carbocycles. The molecule has 0 aliphatic carbocycles. The molecule has 2 rings (SSSR count). The fraction of sp³-hybridized carbons (Fsp3) is 0.533. The van der Waals surface area contributed by atoms with Gasteiger partial charge in [0.25, 0.3) is 0 Å². The molecule has 0 fully saturated rings. The average molecular weight is 291 g/mol. The number of halogens is 1. The van der Waals surface area contributed by atoms with Crippen molar-refractivity contribution in [2.75, 3.05) is 5.73 Å². The van der Waals surface area contributed by atoms with Gasteiger partial charge in [-0.15, -0.1) is 5.10 Å². The second-order valence-corrected chi connectivity index (χ2v) is 5.23. The van der Waals surface area contributed by atoms with Crippen LogP contribution in [0.2, 0.25) is 0 Å². The van der Waals surface area contributed by atoms with Gasteiger partial charge in [-0.2, -0.15) is 0 Å². The van der Waals surface area contributed by atoms with E-state index < -0.39 is 0 Å². The molecule has 1 aromatic heterocycles. The molecule has 114 valence electrons. The van der Waals surface area contributed by atoms with Gasteiger partial charge in [-0.3, -0.25) is 0 Å². The summed E-state index contributed by atoms with van der Waals surface area (Å²) in [6, 6.07) is 4.44. The SMILES string of the molecule is CCCCCCCCn1nnnc1-c1cc(N)ccc1F. The number of anilines is 1. The molecule has 2 N–H and O–H groups in total. The van der Waals surface area contributed by atoms with Crippen molar-refractivity contribution in [1.82, 2.24) is 20.2 Å². The Kier molecular flexibility index (Phi) is 5.66. The molecular weight excluding hydrogens is 269 g/mol. The lowest BCUT2D eigenvalue weighted by atomic mass is 10.1. The largest absolute Gasteiger partial charge is 0.399 e. The van der Waals surface area contributed by atoms with Gasteiger partial charge < -0.3 is 5.73 Å². The third-order valence-electron chi connectivity index (χ3n) is 3.49. The Labute approximate surface area is 124 Å². The van der Waals surface area contributed by atoms with E-state index >= 15 is 0 Å². The van der Waals surface area contributed by atoms with Gasteiger partial charge >= 0.3 is 0 Å². The number of tetrazole rings is 1. The minimum absolute atomic E-state index is 0.353. The summed E-state index contributed by atoms with van der Waals surface area (Å²) in [4.78, 5) is 0. The molecule has 0 saturated heterocycles. The van der Waals surface area contributed by atoms with Crippen LogP contribution in [0, 0.1) is 5.82 Å². The van der Waals surface area contributed by atoms with Crippen molar-refractivity contribution in [1.29, 1.82) is 0 Å². The van der Waals surface area contributed by atoms with Crippen LogP contribution < -0.4 is 5.73 Å². The molecule has 6 heteroatoms. The molecule has 0 unspecified atom stereocenters. The lowest BCUT2D eigenvalue weighted by molar-refractivity contribution is 0.518. The highest BCUT2D eigenvalue weighted by atomic mass is 19.1. The van der Waals surface area contributed by atoms with Crippen molar-refractivity contribution in [2.24, 2.45) is 0 Å². The molecule has 1 aromatic carbocycles. The number of hydrogen-bond donors (Lipinski definition) is 1. The standard InChI is InChI=1S/C15H22FN5/c1-2-3-4-5-6-7-10-21-15(18-19-20-21)13-11-12(17)8-9-14(13)16/h8-9,11H,2-7,10,17H2,1H3. The summed E-state index contributed by atoms with van der Waals surface area (Å²) >= 11 is 0. The summed E-state index contributed by atoms with van der Waals surface area (Å²) < 4.78 is 15.5. The second-order valence-electron chi connectivity index (χ2n) is 5.23. The van der Waals surface area contributed by atoms with Crippen molar-refractivity contribution >= 4 is 5.69 Å². The van der Waals surface area contributed by atoms with E-state index in [0.29, 0.717) is 23.6 Å². The Morgan fingerprint density at radius 2 is 1.90 bits per heavy atom. The Morgan fingerprint density at radius 3 is 2.71 bits per heavy atom. The summed E-state index contributed by atoms with van der Waals surface area (Å²) in [5.41, 5.74) is 6.56. The Morgan fingerprint density at radius 1 is 1.14 bits per heavy atom. The number of hydrogen-bond acceptors (Lipinski definition) is 4. The van der Waals surface area contributed by atoms with Crippen molar-refractivity contribution in [2.45, 2.75) is 52.0 Å². The van der Waals surface area contributed by atoms with Crippen LogP contribution in [0.4, 0.5) is 10.1 Å². The normalized spacial score (nSPS) is 11.0. The van der Waals surface area contributed by atoms with Crippen molar-refractivity contribution < 1.29 is 4.39 Å². The zero-order chi connectivity index (χ0) is 15.1. The van der Waals surface area contributed by atoms with E-state index in [1.54, 1.807) is 10.7 Å². The lowest BCUT2D eigenvalue weighted by Crippen LogP contribution is -2.04. The highest BCUT2D eigenvalue weighted by Crippen LogP contribution is 2.22. The Bertz CT molecular complexity index is 567. The maximum Gasteiger partial charge on any atom is 0.185 e. The first-order chi connectivity index (χ1) is 10.2. The molecule has 0 atom stereocenters. The van der Waals surface area contributed by atoms with Gasteiger partial charge in [0.15, 0.2) is 5.82 Å². The summed E-state index contributed by atoms with van der Waals surface area (Å²) in [6.07, 6.45) is 7.14. The van der Waals surface area contributed by atoms with E-state index in [2.05, 4.69) is 22.4 Å². The third-order valence-corrected chi connectivity index (χ3v) is 3.49. The second kappa shape index (κ2) is 7.71. The highest BCUT2D eigenvalue weighted by molar-refractivity contribution is 5.61. The van der Waals surface area contributed by atoms with E-state index in [-0.39, 0.29) is 5.82 Å². The van der Waals surface area contributed by atoms with E-state index in [4.69, 9.17) is 5.73 Å². The van der Waals surface area contributed by atoms with Crippen molar-refractivity contribution in [3.63, 3.8) is 0 Å². The van der Waals surface area contributed by atoms with Gasteiger partial charge in [-0.05, 0) is 35.0 Å². The first-order valence-corrected chi connectivity index (χ1v) is 7.54. The van der Waals surface area contributed by atoms with Crippen LogP contribution >= 0.6 is 0 Å². The van der Waals surface area contributed by atoms with Gasteiger partial charge in [0.1, 0.15) is 5.82 Å². The van der Waals surface area contributed by atoms with Crippen molar-refractivity contribution in [3.8, 4) is 11.4 Å². The smallest absolute Gasteiger partial charge is 0.185 e. The molecule has 1 heterocycles. The molecule has 0 aliphatic rings. The van der Waals surface area contributed by atoms with E-state index in [0.717, 1.165) is 12.8 Å². The van der Waals surface area contributed by atoms with E-state index in [1.807, 2.05) is 0 Å². The van der Waals surface area contributed by atoms with Gasteiger partial charge in [0, 0.05) is 12.2 Å². The number of nitrogen functional groups attached to an aromatic ring is 1. The minimum atomic E-state index is -0.358. The van der Waals surface area contributed by atoms with E-state index in [1.165, 1.54) is 37.8 Å². The van der Waals surface area contributed by atoms with Crippen molar-refractivity contribution in [3.05, 3.63) is 24.0 Å². The molecule has 0 radical (unpaired) electrons. The fourth-order valence-electron chi connectivity index (χ4n) is 2.30. The number of nitrogens with zero attached hydrogens (tertiary/aromatic N) is 4. The molecule has 2 aromatic rings. The van der Waals surface area contributed by atoms with Crippen LogP contribution in [0.15, 0.2) is 18.2 Å². The third kappa shape index (κ3) is 4.24. The van der Waals surface area contributed by atoms with Crippen LogP contribution in [0.25, 0.3) is 11.4 Å². The highest BCUT2D eigenvalue weighted by Gasteiger charge is 2.13. The predicted octanol–water partition coefficient (Wildman–Crippen LogP) is 3.42. The lowest BCUT2D eigenvalue weighted by Gasteiger charge is -2.06. The molecule has 21 heavy (non-hydrogen) atoms. The summed E-state index contributed by atoms with van der Waals surface area (Å²) in [5.74, 6) is 0.0801. The first kappa shape index (κ1) is 15.4. The van der Waals surface area contributed by atoms with Gasteiger partial charge in [-0.1, -0.05) is 39.0 Å². The topological polar surface area (TPSA) is 69.6 Å². The zero-order valence-corrected chi connectivity index (χ0v) is 12.4. The fourth-order valence-corrected chi connectivity index (χ4v) is 2.30. The molecule has 0 bridgehead atoms. The van der Waals surface area contributed by atoms with Crippen LogP contribution in [0.5, 0.6) is 0 Å². The van der Waals surface area contributed by atoms with Crippen LogP contribution in [0.1, 0.15) is 45.4 Å². The maximum atomic E-state index is 13.9. The summed E-state index contributed by atoms with van der Waals surface area (Å²) in [5, 5.41) is 11.5. The average Bonchev–Trinajstić information content (AvgIpc) is 2.93. The Hall–Kier alpha value is -1.98. The number of rotatable bonds is 8. The van der Waals surface area contributed by atoms with Crippen LogP contribution in [-0.4, -0.2) is 20.2 Å². The van der Waals surface area contributed by atoms with Crippen LogP contribution in [-0.2, 0) is 6.54 Å². The monoisotopic (exact) mass is 291 g/mol. The Balaban J connectivity index is 1.97. The number of aryl methyl sites for hydroxylation is 1. The van der Waals surface area contributed by atoms with Gasteiger partial charge in [0.05, 0.1) is 5.56 Å². The summed E-state index contributed by atoms with van der Waals surface area (Å²) in [7, 11) is 0. The first-order valence-electron chi connectivity index (χ1n) is 7.54. The number of nitrogens with two attached hydrogens (primary N) is 1. The predicted molar refractivity (Wildman–Crippen MR) is 81.0 cm³/mol. The number of benzene rings is 1. The minimum Gasteiger partial charge on any atom is -0.399 e. The molecule has 0 amide bonds. The molecule has 0 aliphatic heterocycles. The number of aromatic nitrogens is 4. The molecular formula is C15H22FN5. The van der Waals surface area contributed by atoms with Crippen LogP contribution in [0.3, 0.4) is 0 Å². The maximum absolute atomic E-state index is 13.9. The molecule has 0 spiro atoms. The molecule has 5 nitrogen and oxygen atoms in total. The van der Waals surface area contributed by atoms with Gasteiger partial charge in [0.2, 0.25) is 0 Å². The zero-order valence-electron chi connectivity index (χ0n) is 12.4. The summed E-state index contributed by atoms with van der Waals surface area (Å²) in [6.45, 7) is 2.90. The number of unbranched alkanes of at least 4 members (excludes halogenated alkanes) is 5. The van der Waals surface area contributed by atoms with Gasteiger partial charge in [-0.25, -0.2) is 9.07 Å². The van der Waals surface area contributed by atoms with E-state index in [9.17, 15) is 4.39 Å².